The molecule has 0 radical (unpaired) electrons. The normalized spacial score (nSPS) is 22.9. The van der Waals surface area contributed by atoms with Crippen LogP contribution in [0.4, 0.5) is 11.4 Å². The van der Waals surface area contributed by atoms with Crippen molar-refractivity contribution in [2.24, 2.45) is 11.8 Å². The van der Waals surface area contributed by atoms with Gasteiger partial charge in [-0.15, -0.1) is 0 Å². The van der Waals surface area contributed by atoms with Gasteiger partial charge in [0.25, 0.3) is 5.69 Å². The van der Waals surface area contributed by atoms with Crippen molar-refractivity contribution in [1.82, 2.24) is 0 Å². The lowest BCUT2D eigenvalue weighted by Gasteiger charge is -2.20. The molecule has 0 amide bonds. The molecule has 0 heterocycles. The summed E-state index contributed by atoms with van der Waals surface area (Å²) in [4.78, 5) is 10.7. The average molecular weight is 290 g/mol. The maximum atomic E-state index is 11.0. The van der Waals surface area contributed by atoms with Crippen LogP contribution in [0.3, 0.4) is 0 Å². The number of hydrogen-bond donors (Lipinski definition) is 1. The summed E-state index contributed by atoms with van der Waals surface area (Å²) in [6, 6.07) is 5.89. The fourth-order valence-electron chi connectivity index (χ4n) is 3.27. The third-order valence-corrected chi connectivity index (χ3v) is 4.73. The van der Waals surface area contributed by atoms with E-state index in [1.54, 1.807) is 13.0 Å². The molecule has 4 heteroatoms. The summed E-state index contributed by atoms with van der Waals surface area (Å²) in [7, 11) is 0. The van der Waals surface area contributed by atoms with E-state index in [2.05, 4.69) is 19.2 Å². The van der Waals surface area contributed by atoms with Gasteiger partial charge in [0.05, 0.1) is 4.92 Å². The molecule has 1 saturated carbocycles. The fourth-order valence-corrected chi connectivity index (χ4v) is 3.27. The van der Waals surface area contributed by atoms with Crippen LogP contribution in [0, 0.1) is 28.9 Å². The Morgan fingerprint density at radius 2 is 2.00 bits per heavy atom. The van der Waals surface area contributed by atoms with E-state index in [4.69, 9.17) is 0 Å². The molecule has 0 saturated heterocycles. The molecule has 116 valence electrons. The zero-order valence-electron chi connectivity index (χ0n) is 13.3. The SMILES string of the molecule is Cc1ccc(NC2CCCC(C(C)C)CC2)cc1[N+](=O)[O-]. The standard InChI is InChI=1S/C17H26N2O2/c1-12(2)14-5-4-6-15(10-8-14)18-16-9-7-13(3)17(11-16)19(20)21/h7,9,11-12,14-15,18H,4-6,8,10H2,1-3H3. The summed E-state index contributed by atoms with van der Waals surface area (Å²) < 4.78 is 0. The van der Waals surface area contributed by atoms with E-state index >= 15 is 0 Å². The molecule has 0 spiro atoms. The molecule has 0 aromatic heterocycles. The quantitative estimate of drug-likeness (QED) is 0.486. The number of nitro groups is 1. The highest BCUT2D eigenvalue weighted by Crippen LogP contribution is 2.31. The van der Waals surface area contributed by atoms with Crippen molar-refractivity contribution in [3.05, 3.63) is 33.9 Å². The Bertz CT molecular complexity index is 500. The predicted octanol–water partition coefficient (Wildman–Crippen LogP) is 4.92. The minimum atomic E-state index is -0.303. The van der Waals surface area contributed by atoms with Crippen molar-refractivity contribution in [3.8, 4) is 0 Å². The maximum Gasteiger partial charge on any atom is 0.274 e. The number of benzene rings is 1. The lowest BCUT2D eigenvalue weighted by atomic mass is 9.89. The molecule has 2 atom stereocenters. The van der Waals surface area contributed by atoms with Crippen LogP contribution in [0.2, 0.25) is 0 Å². The summed E-state index contributed by atoms with van der Waals surface area (Å²) in [6.45, 7) is 6.39. The Labute approximate surface area is 127 Å². The van der Waals surface area contributed by atoms with Crippen molar-refractivity contribution in [3.63, 3.8) is 0 Å². The smallest absolute Gasteiger partial charge is 0.274 e. The van der Waals surface area contributed by atoms with Crippen molar-refractivity contribution >= 4 is 11.4 Å². The van der Waals surface area contributed by atoms with Crippen molar-refractivity contribution < 1.29 is 4.92 Å². The van der Waals surface area contributed by atoms with Gasteiger partial charge in [0.2, 0.25) is 0 Å². The second-order valence-corrected chi connectivity index (χ2v) is 6.61. The van der Waals surface area contributed by atoms with Crippen LogP contribution in [0.15, 0.2) is 18.2 Å². The van der Waals surface area contributed by atoms with Gasteiger partial charge in [-0.3, -0.25) is 10.1 Å². The van der Waals surface area contributed by atoms with Crippen LogP contribution >= 0.6 is 0 Å². The third-order valence-electron chi connectivity index (χ3n) is 4.73. The molecule has 2 rings (SSSR count). The van der Waals surface area contributed by atoms with Crippen molar-refractivity contribution in [1.29, 1.82) is 0 Å². The summed E-state index contributed by atoms with van der Waals surface area (Å²) in [5.74, 6) is 1.58. The second-order valence-electron chi connectivity index (χ2n) is 6.61. The largest absolute Gasteiger partial charge is 0.382 e. The molecule has 1 aromatic carbocycles. The van der Waals surface area contributed by atoms with Gasteiger partial charge in [-0.05, 0) is 44.1 Å². The molecule has 0 aliphatic heterocycles. The van der Waals surface area contributed by atoms with E-state index in [9.17, 15) is 10.1 Å². The van der Waals surface area contributed by atoms with Crippen LogP contribution in [0.5, 0.6) is 0 Å². The number of nitrogens with one attached hydrogen (secondary N) is 1. The Hall–Kier alpha value is -1.58. The van der Waals surface area contributed by atoms with E-state index in [0.29, 0.717) is 11.6 Å². The Kier molecular flexibility index (Phi) is 5.21. The molecular weight excluding hydrogens is 264 g/mol. The summed E-state index contributed by atoms with van der Waals surface area (Å²) >= 11 is 0. The number of hydrogen-bond acceptors (Lipinski definition) is 3. The minimum Gasteiger partial charge on any atom is -0.382 e. The molecule has 1 aromatic rings. The Morgan fingerprint density at radius 1 is 1.24 bits per heavy atom. The maximum absolute atomic E-state index is 11.0. The fraction of sp³-hybridized carbons (Fsp3) is 0.647. The first-order chi connectivity index (χ1) is 9.97. The first-order valence-electron chi connectivity index (χ1n) is 7.99. The van der Waals surface area contributed by atoms with Gasteiger partial charge < -0.3 is 5.32 Å². The molecule has 1 aliphatic carbocycles. The Balaban J connectivity index is 2.01. The monoisotopic (exact) mass is 290 g/mol. The average Bonchev–Trinajstić information content (AvgIpc) is 2.66. The van der Waals surface area contributed by atoms with E-state index in [1.807, 2.05) is 12.1 Å². The van der Waals surface area contributed by atoms with Crippen molar-refractivity contribution in [2.45, 2.75) is 58.9 Å². The first kappa shape index (κ1) is 15.8. The van der Waals surface area contributed by atoms with Gasteiger partial charge in [0, 0.05) is 23.4 Å². The van der Waals surface area contributed by atoms with Crippen LogP contribution in [0.1, 0.15) is 51.5 Å². The lowest BCUT2D eigenvalue weighted by Crippen LogP contribution is -2.18. The molecule has 1 N–H and O–H groups in total. The molecule has 1 fully saturated rings. The minimum absolute atomic E-state index is 0.202. The van der Waals surface area contributed by atoms with E-state index < -0.39 is 0 Å². The lowest BCUT2D eigenvalue weighted by molar-refractivity contribution is -0.385. The van der Waals surface area contributed by atoms with Crippen LogP contribution in [-0.2, 0) is 0 Å². The molecule has 2 unspecified atom stereocenters. The molecule has 4 nitrogen and oxygen atoms in total. The second kappa shape index (κ2) is 6.92. The number of nitro benzene ring substituents is 1. The molecule has 0 bridgehead atoms. The van der Waals surface area contributed by atoms with E-state index in [1.165, 1.54) is 19.3 Å². The van der Waals surface area contributed by atoms with Gasteiger partial charge >= 0.3 is 0 Å². The number of anilines is 1. The highest BCUT2D eigenvalue weighted by molar-refractivity contribution is 5.55. The molecule has 21 heavy (non-hydrogen) atoms. The topological polar surface area (TPSA) is 55.2 Å². The van der Waals surface area contributed by atoms with E-state index in [-0.39, 0.29) is 10.6 Å². The number of rotatable bonds is 4. The first-order valence-corrected chi connectivity index (χ1v) is 7.99. The molecular formula is C17H26N2O2. The summed E-state index contributed by atoms with van der Waals surface area (Å²) in [5.41, 5.74) is 1.79. The van der Waals surface area contributed by atoms with Crippen LogP contribution < -0.4 is 5.32 Å². The van der Waals surface area contributed by atoms with Gasteiger partial charge in [-0.2, -0.15) is 0 Å². The summed E-state index contributed by atoms with van der Waals surface area (Å²) in [5, 5.41) is 14.5. The summed E-state index contributed by atoms with van der Waals surface area (Å²) in [6.07, 6.45) is 6.12. The van der Waals surface area contributed by atoms with Gasteiger partial charge in [0.15, 0.2) is 0 Å². The van der Waals surface area contributed by atoms with Gasteiger partial charge in [0.1, 0.15) is 0 Å². The predicted molar refractivity (Wildman–Crippen MR) is 86.7 cm³/mol. The Morgan fingerprint density at radius 3 is 2.67 bits per heavy atom. The van der Waals surface area contributed by atoms with Gasteiger partial charge in [-0.25, -0.2) is 0 Å². The number of nitrogens with zero attached hydrogens (tertiary/aromatic N) is 1. The zero-order valence-corrected chi connectivity index (χ0v) is 13.3. The van der Waals surface area contributed by atoms with Crippen LogP contribution in [-0.4, -0.2) is 11.0 Å². The van der Waals surface area contributed by atoms with Crippen LogP contribution in [0.25, 0.3) is 0 Å². The number of aryl methyl sites for hydroxylation is 1. The third kappa shape index (κ3) is 4.19. The van der Waals surface area contributed by atoms with Gasteiger partial charge in [-0.1, -0.05) is 32.8 Å². The highest BCUT2D eigenvalue weighted by atomic mass is 16.6. The van der Waals surface area contributed by atoms with Crippen molar-refractivity contribution in [2.75, 3.05) is 5.32 Å². The highest BCUT2D eigenvalue weighted by Gasteiger charge is 2.21. The zero-order chi connectivity index (χ0) is 15.4. The van der Waals surface area contributed by atoms with E-state index in [0.717, 1.165) is 30.4 Å². The molecule has 1 aliphatic rings.